The highest BCUT2D eigenvalue weighted by Crippen LogP contribution is 2.38. The molecule has 0 saturated heterocycles. The Labute approximate surface area is 175 Å². The molecule has 0 saturated carbocycles. The van der Waals surface area contributed by atoms with Crippen molar-refractivity contribution in [1.82, 2.24) is 38.6 Å². The Kier molecular flexibility index (Phi) is 4.86. The van der Waals surface area contributed by atoms with Crippen molar-refractivity contribution in [2.24, 2.45) is 21.1 Å². The third-order valence-electron chi connectivity index (χ3n) is 3.98. The average molecular weight is 448 g/mol. The van der Waals surface area contributed by atoms with Crippen LogP contribution >= 0.6 is 23.5 Å². The molecule has 0 aromatic carbocycles. The third-order valence-corrected chi connectivity index (χ3v) is 6.15. The van der Waals surface area contributed by atoms with Gasteiger partial charge >= 0.3 is 11.6 Å². The number of hydrogen-bond acceptors (Lipinski definition) is 11. The lowest BCUT2D eigenvalue weighted by Crippen LogP contribution is -1.99. The molecule has 4 heterocycles. The monoisotopic (exact) mass is 448 g/mol. The molecule has 0 atom stereocenters. The molecule has 0 fully saturated rings. The summed E-state index contributed by atoms with van der Waals surface area (Å²) in [5, 5.41) is 23.7. The van der Waals surface area contributed by atoms with E-state index in [0.717, 1.165) is 23.5 Å². The van der Waals surface area contributed by atoms with E-state index in [0.29, 0.717) is 16.2 Å². The molecule has 0 bridgehead atoms. The van der Waals surface area contributed by atoms with Gasteiger partial charge in [0.2, 0.25) is 12.7 Å². The van der Waals surface area contributed by atoms with Crippen molar-refractivity contribution in [3.63, 3.8) is 0 Å². The molecular weight excluding hydrogens is 436 g/mol. The second-order valence-electron chi connectivity index (χ2n) is 6.03. The summed E-state index contributed by atoms with van der Waals surface area (Å²) in [5.41, 5.74) is 0.923. The lowest BCUT2D eigenvalue weighted by molar-refractivity contribution is -0.392. The molecule has 16 heteroatoms. The van der Waals surface area contributed by atoms with Crippen LogP contribution in [0.3, 0.4) is 0 Å². The van der Waals surface area contributed by atoms with Gasteiger partial charge in [0, 0.05) is 21.1 Å². The SMILES string of the molecule is Cn1cnc([N+](=O)[O-])c1Sc1nc(Sc2c([N+](=O)[O-])ncn2C)c2c(ncn2C)n1. The first kappa shape index (κ1) is 19.8. The summed E-state index contributed by atoms with van der Waals surface area (Å²) < 4.78 is 4.71. The first-order chi connectivity index (χ1) is 14.3. The fraction of sp³-hybridized carbons (Fsp3) is 0.214. The predicted octanol–water partition coefficient (Wildman–Crippen LogP) is 1.95. The summed E-state index contributed by atoms with van der Waals surface area (Å²) >= 11 is 2.00. The molecule has 0 amide bonds. The Morgan fingerprint density at radius 2 is 1.33 bits per heavy atom. The predicted molar refractivity (Wildman–Crippen MR) is 104 cm³/mol. The van der Waals surface area contributed by atoms with Crippen LogP contribution in [0.5, 0.6) is 0 Å². The minimum atomic E-state index is -0.587. The van der Waals surface area contributed by atoms with Gasteiger partial charge in [-0.15, -0.1) is 0 Å². The molecule has 4 rings (SSSR count). The van der Waals surface area contributed by atoms with Crippen molar-refractivity contribution in [2.45, 2.75) is 20.2 Å². The largest absolute Gasteiger partial charge is 0.396 e. The van der Waals surface area contributed by atoms with Gasteiger partial charge in [-0.1, -0.05) is 0 Å². The molecule has 154 valence electrons. The smallest absolute Gasteiger partial charge is 0.358 e. The molecule has 14 nitrogen and oxygen atoms in total. The van der Waals surface area contributed by atoms with Gasteiger partial charge in [0.15, 0.2) is 20.9 Å². The summed E-state index contributed by atoms with van der Waals surface area (Å²) in [4.78, 5) is 42.1. The fourth-order valence-electron chi connectivity index (χ4n) is 2.60. The maximum absolute atomic E-state index is 11.3. The van der Waals surface area contributed by atoms with E-state index in [1.165, 1.54) is 21.8 Å². The second-order valence-corrected chi connectivity index (χ2v) is 7.96. The van der Waals surface area contributed by atoms with Crippen LogP contribution in [0.15, 0.2) is 39.2 Å². The maximum Gasteiger partial charge on any atom is 0.396 e. The lowest BCUT2D eigenvalue weighted by Gasteiger charge is -2.07. The number of aryl methyl sites for hydroxylation is 3. The number of nitrogens with zero attached hydrogens (tertiary/aromatic N) is 10. The van der Waals surface area contributed by atoms with Gasteiger partial charge in [-0.25, -0.2) is 15.0 Å². The zero-order valence-electron chi connectivity index (χ0n) is 15.7. The summed E-state index contributed by atoms with van der Waals surface area (Å²) in [6, 6.07) is 0. The average Bonchev–Trinajstić information content (AvgIpc) is 3.34. The summed E-state index contributed by atoms with van der Waals surface area (Å²) in [6.07, 6.45) is 4.22. The summed E-state index contributed by atoms with van der Waals surface area (Å²) in [7, 11) is 5.01. The Morgan fingerprint density at radius 1 is 0.800 bits per heavy atom. The van der Waals surface area contributed by atoms with Crippen LogP contribution < -0.4 is 0 Å². The molecule has 0 unspecified atom stereocenters. The van der Waals surface area contributed by atoms with Crippen LogP contribution in [-0.2, 0) is 21.1 Å². The van der Waals surface area contributed by atoms with E-state index in [2.05, 4.69) is 24.9 Å². The Balaban J connectivity index is 1.82. The van der Waals surface area contributed by atoms with Gasteiger partial charge < -0.3 is 33.9 Å². The van der Waals surface area contributed by atoms with Crippen LogP contribution in [0.4, 0.5) is 11.6 Å². The quantitative estimate of drug-likeness (QED) is 0.183. The Bertz CT molecular complexity index is 1310. The van der Waals surface area contributed by atoms with Crippen molar-refractivity contribution in [1.29, 1.82) is 0 Å². The maximum atomic E-state index is 11.3. The fourth-order valence-corrected chi connectivity index (χ4v) is 4.56. The van der Waals surface area contributed by atoms with Gasteiger partial charge in [0.05, 0.1) is 6.33 Å². The van der Waals surface area contributed by atoms with Crippen molar-refractivity contribution >= 4 is 46.3 Å². The number of rotatable bonds is 6. The van der Waals surface area contributed by atoms with E-state index >= 15 is 0 Å². The highest BCUT2D eigenvalue weighted by atomic mass is 32.2. The van der Waals surface area contributed by atoms with Gasteiger partial charge in [-0.3, -0.25) is 0 Å². The van der Waals surface area contributed by atoms with Crippen LogP contribution in [0.25, 0.3) is 11.2 Å². The van der Waals surface area contributed by atoms with Gasteiger partial charge in [-0.2, -0.15) is 0 Å². The van der Waals surface area contributed by atoms with E-state index in [4.69, 9.17) is 0 Å². The summed E-state index contributed by atoms with van der Waals surface area (Å²) in [6.45, 7) is 0. The minimum absolute atomic E-state index is 0.195. The molecule has 0 aliphatic heterocycles. The van der Waals surface area contributed by atoms with Crippen molar-refractivity contribution in [2.75, 3.05) is 0 Å². The van der Waals surface area contributed by atoms with E-state index in [-0.39, 0.29) is 26.8 Å². The molecule has 0 aliphatic rings. The molecule has 30 heavy (non-hydrogen) atoms. The first-order valence-corrected chi connectivity index (χ1v) is 9.75. The van der Waals surface area contributed by atoms with Crippen LogP contribution in [0.1, 0.15) is 0 Å². The van der Waals surface area contributed by atoms with Crippen molar-refractivity contribution in [3.05, 3.63) is 39.2 Å². The second kappa shape index (κ2) is 7.38. The number of aromatic nitrogens is 8. The molecule has 0 spiro atoms. The van der Waals surface area contributed by atoms with E-state index < -0.39 is 9.85 Å². The van der Waals surface area contributed by atoms with Gasteiger partial charge in [0.25, 0.3) is 0 Å². The highest BCUT2D eigenvalue weighted by molar-refractivity contribution is 8.00. The van der Waals surface area contributed by atoms with Gasteiger partial charge in [0.1, 0.15) is 10.5 Å². The number of imidazole rings is 3. The molecule has 4 aromatic rings. The molecular formula is C14H12N10O4S2. The molecule has 0 N–H and O–H groups in total. The Hall–Kier alpha value is -3.53. The number of nitro groups is 2. The number of hydrogen-bond donors (Lipinski definition) is 0. The van der Waals surface area contributed by atoms with Crippen molar-refractivity contribution in [3.8, 4) is 0 Å². The normalized spacial score (nSPS) is 11.3. The molecule has 0 radical (unpaired) electrons. The zero-order valence-corrected chi connectivity index (χ0v) is 17.3. The number of fused-ring (bicyclic) bond motifs is 1. The van der Waals surface area contributed by atoms with E-state index in [9.17, 15) is 20.2 Å². The lowest BCUT2D eigenvalue weighted by atomic mass is 10.5. The highest BCUT2D eigenvalue weighted by Gasteiger charge is 2.26. The minimum Gasteiger partial charge on any atom is -0.358 e. The molecule has 0 aliphatic carbocycles. The Morgan fingerprint density at radius 3 is 1.90 bits per heavy atom. The first-order valence-electron chi connectivity index (χ1n) is 8.12. The van der Waals surface area contributed by atoms with Crippen LogP contribution in [0, 0.1) is 20.2 Å². The molecule has 4 aromatic heterocycles. The standard InChI is InChI=1S/C14H12N10O4S2/c1-20-4-15-8-7(20)11(29-12-9(23(25)26)16-5-21(12)2)19-14(18-8)30-13-10(24(27)28)17-6-22(13)3/h4-6H,1-3H3. The van der Waals surface area contributed by atoms with Crippen molar-refractivity contribution < 1.29 is 9.85 Å². The third kappa shape index (κ3) is 3.35. The topological polar surface area (TPSA) is 166 Å². The van der Waals surface area contributed by atoms with Crippen LogP contribution in [0.2, 0.25) is 0 Å². The summed E-state index contributed by atoms with van der Waals surface area (Å²) in [5.74, 6) is -0.614. The van der Waals surface area contributed by atoms with Crippen LogP contribution in [-0.4, -0.2) is 48.5 Å². The zero-order chi connectivity index (χ0) is 21.6. The van der Waals surface area contributed by atoms with E-state index in [1.54, 1.807) is 32.0 Å². The van der Waals surface area contributed by atoms with Gasteiger partial charge in [-0.05, 0) is 43.3 Å². The van der Waals surface area contributed by atoms with E-state index in [1.807, 2.05) is 0 Å².